The smallest absolute Gasteiger partial charge is 0.328 e. The zero-order valence-electron chi connectivity index (χ0n) is 15.9. The van der Waals surface area contributed by atoms with Crippen LogP contribution in [0.4, 0.5) is 0 Å². The predicted octanol–water partition coefficient (Wildman–Crippen LogP) is 2.21. The highest BCUT2D eigenvalue weighted by Gasteiger charge is 2.23. The molecule has 0 unspecified atom stereocenters. The topological polar surface area (TPSA) is 98.8 Å². The molecule has 0 spiro atoms. The third-order valence-corrected chi connectivity index (χ3v) is 3.82. The van der Waals surface area contributed by atoms with E-state index in [1.165, 1.54) is 0 Å². The highest BCUT2D eigenvalue weighted by atomic mass is 16.5. The largest absolute Gasteiger partial charge is 0.466 e. The predicted molar refractivity (Wildman–Crippen MR) is 99.2 cm³/mol. The second kappa shape index (κ2) is 12.6. The highest BCUT2D eigenvalue weighted by Crippen LogP contribution is 2.09. The minimum absolute atomic E-state index is 0.00721. The number of hydrogen-bond donors (Lipinski definition) is 1. The molecule has 1 atom stereocenters. The van der Waals surface area contributed by atoms with Gasteiger partial charge >= 0.3 is 11.9 Å². The summed E-state index contributed by atoms with van der Waals surface area (Å²) in [4.78, 5) is 46.4. The number of ether oxygens (including phenoxy) is 2. The summed E-state index contributed by atoms with van der Waals surface area (Å²) in [6, 6.07) is 6.04. The van der Waals surface area contributed by atoms with Crippen LogP contribution < -0.4 is 5.32 Å². The fraction of sp³-hybridized carbons (Fsp3) is 0.500. The number of rotatable bonds is 12. The Labute approximate surface area is 159 Å². The number of carbonyl (C=O) groups is 4. The third-order valence-electron chi connectivity index (χ3n) is 3.82. The molecule has 1 aromatic carbocycles. The number of unbranched alkanes of at least 4 members (excludes halogenated alkanes) is 1. The van der Waals surface area contributed by atoms with E-state index in [9.17, 15) is 19.2 Å². The first-order valence-electron chi connectivity index (χ1n) is 9.17. The standard InChI is InChI=1S/C20H27NO6/c1-3-26-18(23)13-12-17(20(25)27-4-2)21-19(24)16-10-8-15(9-11-16)7-5-6-14-22/h8-11,14,17H,3-7,12-13H2,1-2H3,(H,21,24)/t17-/m1/s1. The van der Waals surface area contributed by atoms with E-state index in [0.29, 0.717) is 12.0 Å². The molecular weight excluding hydrogens is 350 g/mol. The van der Waals surface area contributed by atoms with E-state index in [0.717, 1.165) is 24.7 Å². The quantitative estimate of drug-likeness (QED) is 0.341. The van der Waals surface area contributed by atoms with E-state index in [2.05, 4.69) is 5.32 Å². The van der Waals surface area contributed by atoms with Gasteiger partial charge < -0.3 is 19.6 Å². The second-order valence-corrected chi connectivity index (χ2v) is 5.88. The van der Waals surface area contributed by atoms with E-state index in [-0.39, 0.29) is 26.1 Å². The summed E-state index contributed by atoms with van der Waals surface area (Å²) in [6.45, 7) is 3.81. The van der Waals surface area contributed by atoms with Crippen molar-refractivity contribution >= 4 is 24.1 Å². The van der Waals surface area contributed by atoms with Gasteiger partial charge in [-0.15, -0.1) is 0 Å². The molecule has 0 aliphatic heterocycles. The summed E-state index contributed by atoms with van der Waals surface area (Å²) in [6.07, 6.45) is 3.01. The van der Waals surface area contributed by atoms with Crippen molar-refractivity contribution in [2.45, 2.75) is 52.0 Å². The van der Waals surface area contributed by atoms with Gasteiger partial charge in [-0.25, -0.2) is 4.79 Å². The third kappa shape index (κ3) is 8.48. The normalized spacial score (nSPS) is 11.3. The molecule has 1 amide bonds. The molecule has 0 bridgehead atoms. The summed E-state index contributed by atoms with van der Waals surface area (Å²) in [5.74, 6) is -1.43. The van der Waals surface area contributed by atoms with Gasteiger partial charge in [0.05, 0.1) is 13.2 Å². The Balaban J connectivity index is 2.69. The van der Waals surface area contributed by atoms with E-state index >= 15 is 0 Å². The lowest BCUT2D eigenvalue weighted by Gasteiger charge is -2.17. The number of hydrogen-bond acceptors (Lipinski definition) is 6. The number of aryl methyl sites for hydroxylation is 1. The van der Waals surface area contributed by atoms with Gasteiger partial charge in [0.2, 0.25) is 0 Å². The molecule has 148 valence electrons. The highest BCUT2D eigenvalue weighted by molar-refractivity contribution is 5.96. The number of carbonyl (C=O) groups excluding carboxylic acids is 4. The molecule has 7 heteroatoms. The van der Waals surface area contributed by atoms with Gasteiger partial charge in [0.15, 0.2) is 0 Å². The monoisotopic (exact) mass is 377 g/mol. The van der Waals surface area contributed by atoms with E-state index in [1.54, 1.807) is 26.0 Å². The zero-order valence-corrected chi connectivity index (χ0v) is 15.9. The molecule has 27 heavy (non-hydrogen) atoms. The maximum absolute atomic E-state index is 12.4. The lowest BCUT2D eigenvalue weighted by molar-refractivity contribution is -0.146. The molecule has 0 fully saturated rings. The van der Waals surface area contributed by atoms with Crippen LogP contribution in [0, 0.1) is 0 Å². The van der Waals surface area contributed by atoms with Gasteiger partial charge in [0, 0.05) is 18.4 Å². The van der Waals surface area contributed by atoms with Gasteiger partial charge in [-0.3, -0.25) is 9.59 Å². The van der Waals surface area contributed by atoms with Crippen molar-refractivity contribution in [3.05, 3.63) is 35.4 Å². The molecule has 1 aromatic rings. The molecule has 7 nitrogen and oxygen atoms in total. The van der Waals surface area contributed by atoms with Crippen molar-refractivity contribution in [2.24, 2.45) is 0 Å². The molecule has 0 saturated carbocycles. The Bertz CT molecular complexity index is 626. The first kappa shape index (κ1) is 22.3. The van der Waals surface area contributed by atoms with Crippen LogP contribution in [0.5, 0.6) is 0 Å². The van der Waals surface area contributed by atoms with Gasteiger partial charge in [-0.1, -0.05) is 12.1 Å². The fourth-order valence-corrected chi connectivity index (χ4v) is 2.44. The number of aldehydes is 1. The van der Waals surface area contributed by atoms with E-state index < -0.39 is 23.9 Å². The molecule has 0 radical (unpaired) electrons. The fourth-order valence-electron chi connectivity index (χ4n) is 2.44. The molecule has 1 N–H and O–H groups in total. The summed E-state index contributed by atoms with van der Waals surface area (Å²) < 4.78 is 9.82. The first-order chi connectivity index (χ1) is 13.0. The van der Waals surface area contributed by atoms with Crippen LogP contribution in [0.3, 0.4) is 0 Å². The van der Waals surface area contributed by atoms with Crippen molar-refractivity contribution < 1.29 is 28.7 Å². The van der Waals surface area contributed by atoms with E-state index in [4.69, 9.17) is 9.47 Å². The minimum Gasteiger partial charge on any atom is -0.466 e. The van der Waals surface area contributed by atoms with Crippen LogP contribution in [0.2, 0.25) is 0 Å². The molecular formula is C20H27NO6. The number of benzene rings is 1. The first-order valence-corrected chi connectivity index (χ1v) is 9.17. The summed E-state index contributed by atoms with van der Waals surface area (Å²) >= 11 is 0. The molecule has 1 rings (SSSR count). The number of nitrogens with one attached hydrogen (secondary N) is 1. The summed E-state index contributed by atoms with van der Waals surface area (Å²) in [7, 11) is 0. The van der Waals surface area contributed by atoms with E-state index in [1.807, 2.05) is 12.1 Å². The SMILES string of the molecule is CCOC(=O)CC[C@@H](NC(=O)c1ccc(CCCC=O)cc1)C(=O)OCC. The number of amides is 1. The lowest BCUT2D eigenvalue weighted by Crippen LogP contribution is -2.42. The molecule has 0 aliphatic rings. The van der Waals surface area contributed by atoms with Crippen molar-refractivity contribution in [3.63, 3.8) is 0 Å². The summed E-state index contributed by atoms with van der Waals surface area (Å²) in [5, 5.41) is 2.62. The maximum Gasteiger partial charge on any atom is 0.328 e. The van der Waals surface area contributed by atoms with Crippen molar-refractivity contribution in [3.8, 4) is 0 Å². The Morgan fingerprint density at radius 2 is 1.74 bits per heavy atom. The van der Waals surface area contributed by atoms with Gasteiger partial charge in [-0.05, 0) is 50.8 Å². The molecule has 0 saturated heterocycles. The molecule has 0 aromatic heterocycles. The summed E-state index contributed by atoms with van der Waals surface area (Å²) in [5.41, 5.74) is 1.43. The van der Waals surface area contributed by atoms with Crippen LogP contribution in [-0.2, 0) is 30.3 Å². The van der Waals surface area contributed by atoms with Crippen LogP contribution in [0.25, 0.3) is 0 Å². The van der Waals surface area contributed by atoms with Crippen LogP contribution in [0.1, 0.15) is 55.5 Å². The maximum atomic E-state index is 12.4. The Hall–Kier alpha value is -2.70. The second-order valence-electron chi connectivity index (χ2n) is 5.88. The Kier molecular flexibility index (Phi) is 10.4. The Morgan fingerprint density at radius 3 is 2.33 bits per heavy atom. The van der Waals surface area contributed by atoms with Crippen LogP contribution >= 0.6 is 0 Å². The zero-order chi connectivity index (χ0) is 20.1. The lowest BCUT2D eigenvalue weighted by atomic mass is 10.1. The van der Waals surface area contributed by atoms with Crippen LogP contribution in [0.15, 0.2) is 24.3 Å². The van der Waals surface area contributed by atoms with Crippen molar-refractivity contribution in [2.75, 3.05) is 13.2 Å². The van der Waals surface area contributed by atoms with Crippen LogP contribution in [-0.4, -0.2) is 43.4 Å². The molecule has 0 aliphatic carbocycles. The Morgan fingerprint density at radius 1 is 1.07 bits per heavy atom. The van der Waals surface area contributed by atoms with Crippen molar-refractivity contribution in [1.29, 1.82) is 0 Å². The minimum atomic E-state index is -0.922. The van der Waals surface area contributed by atoms with Crippen molar-refractivity contribution in [1.82, 2.24) is 5.32 Å². The van der Waals surface area contributed by atoms with Gasteiger partial charge in [-0.2, -0.15) is 0 Å². The number of esters is 2. The average molecular weight is 377 g/mol. The average Bonchev–Trinajstić information content (AvgIpc) is 2.66. The molecule has 0 heterocycles. The van der Waals surface area contributed by atoms with Gasteiger partial charge in [0.25, 0.3) is 5.91 Å². The van der Waals surface area contributed by atoms with Gasteiger partial charge in [0.1, 0.15) is 12.3 Å².